The van der Waals surface area contributed by atoms with E-state index in [0.29, 0.717) is 11.4 Å². The van der Waals surface area contributed by atoms with Crippen LogP contribution in [0.25, 0.3) is 0 Å². The summed E-state index contributed by atoms with van der Waals surface area (Å²) in [4.78, 5) is 22.6. The van der Waals surface area contributed by atoms with Crippen LogP contribution in [-0.4, -0.2) is 17.7 Å². The number of urea groups is 1. The normalized spacial score (nSPS) is 10.7. The van der Waals surface area contributed by atoms with Gasteiger partial charge >= 0.3 is 12.1 Å². The molecule has 0 aliphatic carbocycles. The van der Waals surface area contributed by atoms with Crippen LogP contribution >= 0.6 is 12.8 Å². The molecule has 7 heteroatoms. The molecular weight excluding hydrogens is 266 g/mol. The predicted molar refractivity (Wildman–Crippen MR) is 77.3 cm³/mol. The molecule has 0 spiro atoms. The molecule has 0 aromatic heterocycles. The average molecular weight is 283 g/mol. The zero-order chi connectivity index (χ0) is 14.6. The van der Waals surface area contributed by atoms with Crippen LogP contribution < -0.4 is 15.4 Å². The lowest BCUT2D eigenvalue weighted by Gasteiger charge is -2.20. The highest BCUT2D eigenvalue weighted by Gasteiger charge is 2.16. The number of carbonyl (C=O) groups excluding carboxylic acids is 2. The molecule has 0 heterocycles. The highest BCUT2D eigenvalue weighted by atomic mass is 32.1. The number of nitrogens with two attached hydrogens (primary N) is 1. The van der Waals surface area contributed by atoms with E-state index < -0.39 is 17.7 Å². The molecule has 0 bridgehead atoms. The summed E-state index contributed by atoms with van der Waals surface area (Å²) >= 11 is 3.94. The summed E-state index contributed by atoms with van der Waals surface area (Å²) in [6.07, 6.45) is -0.575. The van der Waals surface area contributed by atoms with Crippen LogP contribution in [0.15, 0.2) is 24.3 Å². The number of ether oxygens (including phenoxy) is 1. The molecule has 6 nitrogen and oxygen atoms in total. The van der Waals surface area contributed by atoms with E-state index in [0.717, 1.165) is 4.31 Å². The molecule has 0 saturated carbocycles. The summed E-state index contributed by atoms with van der Waals surface area (Å²) in [7, 11) is 0. The van der Waals surface area contributed by atoms with E-state index >= 15 is 0 Å². The van der Waals surface area contributed by atoms with Gasteiger partial charge in [0, 0.05) is 5.69 Å². The molecule has 0 aliphatic rings. The van der Waals surface area contributed by atoms with Gasteiger partial charge in [-0.1, -0.05) is 18.9 Å². The van der Waals surface area contributed by atoms with E-state index in [1.165, 1.54) is 0 Å². The lowest BCUT2D eigenvalue weighted by Crippen LogP contribution is -2.28. The minimum atomic E-state index is -0.710. The number of rotatable bonds is 2. The zero-order valence-corrected chi connectivity index (χ0v) is 11.9. The molecular formula is C12H17N3O3S. The summed E-state index contributed by atoms with van der Waals surface area (Å²) in [6.45, 7) is 5.31. The Bertz CT molecular complexity index is 485. The molecule has 0 saturated heterocycles. The monoisotopic (exact) mass is 283 g/mol. The van der Waals surface area contributed by atoms with Crippen molar-refractivity contribution in [1.82, 2.24) is 0 Å². The van der Waals surface area contributed by atoms with Gasteiger partial charge in [-0.15, -0.1) is 0 Å². The first kappa shape index (κ1) is 15.2. The Kier molecular flexibility index (Phi) is 4.66. The number of primary amides is 1. The Morgan fingerprint density at radius 2 is 2.00 bits per heavy atom. The van der Waals surface area contributed by atoms with Crippen molar-refractivity contribution in [3.05, 3.63) is 24.3 Å². The fourth-order valence-electron chi connectivity index (χ4n) is 1.26. The molecule has 1 rings (SSSR count). The van der Waals surface area contributed by atoms with Crippen molar-refractivity contribution in [2.45, 2.75) is 26.4 Å². The molecule has 0 fully saturated rings. The van der Waals surface area contributed by atoms with Crippen LogP contribution in [0.1, 0.15) is 20.8 Å². The van der Waals surface area contributed by atoms with Crippen LogP contribution in [0.2, 0.25) is 0 Å². The van der Waals surface area contributed by atoms with Gasteiger partial charge in [-0.2, -0.15) is 0 Å². The Morgan fingerprint density at radius 1 is 1.37 bits per heavy atom. The van der Waals surface area contributed by atoms with Gasteiger partial charge in [0.1, 0.15) is 5.60 Å². The van der Waals surface area contributed by atoms with Gasteiger partial charge in [0.05, 0.1) is 5.69 Å². The summed E-state index contributed by atoms with van der Waals surface area (Å²) in [6, 6.07) is 5.81. The molecule has 1 aromatic rings. The fourth-order valence-corrected chi connectivity index (χ4v) is 1.39. The lowest BCUT2D eigenvalue weighted by molar-refractivity contribution is 0.0636. The smallest absolute Gasteiger partial charge is 0.412 e. The second-order valence-corrected chi connectivity index (χ2v) is 5.23. The van der Waals surface area contributed by atoms with Crippen LogP contribution in [0.3, 0.4) is 0 Å². The Hall–Kier alpha value is -1.89. The first-order chi connectivity index (χ1) is 8.69. The minimum Gasteiger partial charge on any atom is -0.444 e. The number of amides is 3. The quantitative estimate of drug-likeness (QED) is 0.730. The van der Waals surface area contributed by atoms with E-state index in [1.54, 1.807) is 45.0 Å². The number of carbonyl (C=O) groups is 2. The third-order valence-electron chi connectivity index (χ3n) is 1.94. The van der Waals surface area contributed by atoms with E-state index in [2.05, 4.69) is 18.1 Å². The maximum Gasteiger partial charge on any atom is 0.412 e. The molecule has 1 aromatic carbocycles. The second kappa shape index (κ2) is 5.83. The Balaban J connectivity index is 2.78. The highest BCUT2D eigenvalue weighted by Crippen LogP contribution is 2.21. The van der Waals surface area contributed by atoms with Crippen molar-refractivity contribution in [3.8, 4) is 0 Å². The number of anilines is 2. The summed E-state index contributed by atoms with van der Waals surface area (Å²) < 4.78 is 6.09. The third kappa shape index (κ3) is 5.09. The number of thiol groups is 1. The number of hydrogen-bond acceptors (Lipinski definition) is 4. The van der Waals surface area contributed by atoms with Crippen LogP contribution in [0.4, 0.5) is 21.0 Å². The number of nitrogens with zero attached hydrogens (tertiary/aromatic N) is 1. The van der Waals surface area contributed by atoms with Crippen LogP contribution in [-0.2, 0) is 4.74 Å². The summed E-state index contributed by atoms with van der Waals surface area (Å²) in [5, 5.41) is 2.56. The van der Waals surface area contributed by atoms with Crippen LogP contribution in [0, 0.1) is 0 Å². The largest absolute Gasteiger partial charge is 0.444 e. The molecule has 3 amide bonds. The predicted octanol–water partition coefficient (Wildman–Crippen LogP) is 2.76. The fraction of sp³-hybridized carbons (Fsp3) is 0.333. The van der Waals surface area contributed by atoms with Crippen molar-refractivity contribution in [3.63, 3.8) is 0 Å². The first-order valence-electron chi connectivity index (χ1n) is 5.57. The van der Waals surface area contributed by atoms with Gasteiger partial charge in [0.2, 0.25) is 0 Å². The summed E-state index contributed by atoms with van der Waals surface area (Å²) in [5.41, 5.74) is 5.45. The van der Waals surface area contributed by atoms with Gasteiger partial charge in [-0.25, -0.2) is 13.9 Å². The van der Waals surface area contributed by atoms with E-state index in [4.69, 9.17) is 10.5 Å². The maximum absolute atomic E-state index is 11.6. The Morgan fingerprint density at radius 3 is 2.53 bits per heavy atom. The molecule has 0 radical (unpaired) electrons. The van der Waals surface area contributed by atoms with Crippen molar-refractivity contribution in [2.75, 3.05) is 9.62 Å². The molecule has 104 valence electrons. The number of nitrogens with one attached hydrogen (secondary N) is 1. The maximum atomic E-state index is 11.6. The third-order valence-corrected chi connectivity index (χ3v) is 2.37. The number of hydrogen-bond donors (Lipinski definition) is 3. The van der Waals surface area contributed by atoms with E-state index in [1.807, 2.05) is 0 Å². The SMILES string of the molecule is CC(C)(C)OC(=O)Nc1cccc(N(S)C(N)=O)c1. The van der Waals surface area contributed by atoms with E-state index in [9.17, 15) is 9.59 Å². The zero-order valence-electron chi connectivity index (χ0n) is 11.0. The first-order valence-corrected chi connectivity index (χ1v) is 5.97. The number of benzene rings is 1. The van der Waals surface area contributed by atoms with Crippen LogP contribution in [0.5, 0.6) is 0 Å². The van der Waals surface area contributed by atoms with Gasteiger partial charge in [0.25, 0.3) is 0 Å². The molecule has 0 aliphatic heterocycles. The minimum absolute atomic E-state index is 0.449. The van der Waals surface area contributed by atoms with Gasteiger partial charge in [-0.3, -0.25) is 5.32 Å². The lowest BCUT2D eigenvalue weighted by atomic mass is 10.2. The topological polar surface area (TPSA) is 84.7 Å². The van der Waals surface area contributed by atoms with Crippen molar-refractivity contribution in [2.24, 2.45) is 5.73 Å². The van der Waals surface area contributed by atoms with E-state index in [-0.39, 0.29) is 0 Å². The van der Waals surface area contributed by atoms with Gasteiger partial charge in [0.15, 0.2) is 0 Å². The summed E-state index contributed by atoms with van der Waals surface area (Å²) in [5.74, 6) is 0. The molecule has 19 heavy (non-hydrogen) atoms. The van der Waals surface area contributed by atoms with Gasteiger partial charge in [-0.05, 0) is 39.0 Å². The standard InChI is InChI=1S/C12H17N3O3S/c1-12(2,3)18-11(17)14-8-5-4-6-9(7-8)15(19)10(13)16/h4-7,19H,1-3H3,(H2,13,16)(H,14,17). The van der Waals surface area contributed by atoms with Gasteiger partial charge < -0.3 is 10.5 Å². The molecule has 0 atom stereocenters. The molecule has 3 N–H and O–H groups in total. The van der Waals surface area contributed by atoms with Crippen molar-refractivity contribution < 1.29 is 14.3 Å². The van der Waals surface area contributed by atoms with Crippen molar-refractivity contribution >= 4 is 36.3 Å². The van der Waals surface area contributed by atoms with Crippen molar-refractivity contribution in [1.29, 1.82) is 0 Å². The second-order valence-electron chi connectivity index (χ2n) is 4.83. The Labute approximate surface area is 117 Å². The molecule has 0 unspecified atom stereocenters. The average Bonchev–Trinajstić information content (AvgIpc) is 2.25. The highest BCUT2D eigenvalue weighted by molar-refractivity contribution is 7.82.